The number of carbonyl (C=O) groups excluding carboxylic acids is 1. The van der Waals surface area contributed by atoms with Gasteiger partial charge in [-0.1, -0.05) is 51.1 Å². The van der Waals surface area contributed by atoms with Gasteiger partial charge < -0.3 is 30.0 Å². The van der Waals surface area contributed by atoms with Gasteiger partial charge in [-0.2, -0.15) is 0 Å². The lowest BCUT2D eigenvalue weighted by molar-refractivity contribution is -0.135. The van der Waals surface area contributed by atoms with E-state index in [4.69, 9.17) is 14.9 Å². The number of hydrogen-bond acceptors (Lipinski definition) is 6. The minimum absolute atomic E-state index is 0.0213. The number of amides is 1. The number of hydrogen-bond donors (Lipinski definition) is 3. The summed E-state index contributed by atoms with van der Waals surface area (Å²) in [7, 11) is 1.06. The van der Waals surface area contributed by atoms with Gasteiger partial charge in [-0.05, 0) is 61.2 Å². The van der Waals surface area contributed by atoms with Crippen LogP contribution in [0.15, 0.2) is 36.4 Å². The van der Waals surface area contributed by atoms with Crippen molar-refractivity contribution in [3.8, 4) is 11.5 Å². The Balaban J connectivity index is 2.34. The summed E-state index contributed by atoms with van der Waals surface area (Å²) in [4.78, 5) is 14.7. The van der Waals surface area contributed by atoms with E-state index in [1.165, 1.54) is 4.90 Å². The van der Waals surface area contributed by atoms with Gasteiger partial charge in [-0.3, -0.25) is 4.79 Å². The summed E-state index contributed by atoms with van der Waals surface area (Å²) < 4.78 is 12.3. The van der Waals surface area contributed by atoms with Crippen LogP contribution in [-0.4, -0.2) is 55.6 Å². The molecule has 0 saturated heterocycles. The average molecular weight is 517 g/mol. The average Bonchev–Trinajstić information content (AvgIpc) is 2.82. The highest BCUT2D eigenvalue weighted by Crippen LogP contribution is 2.43. The number of aliphatic hydroxyl groups excluding tert-OH is 2. The van der Waals surface area contributed by atoms with E-state index in [9.17, 15) is 15.0 Å². The predicted molar refractivity (Wildman–Crippen MR) is 147 cm³/mol. The lowest BCUT2D eigenvalue weighted by Crippen LogP contribution is -2.48. The summed E-state index contributed by atoms with van der Waals surface area (Å²) >= 11 is 0. The summed E-state index contributed by atoms with van der Waals surface area (Å²) in [5, 5.41) is 20.9. The second-order valence-corrected chi connectivity index (χ2v) is 15.8. The monoisotopic (exact) mass is 516 g/mol. The molecule has 0 aliphatic carbocycles. The van der Waals surface area contributed by atoms with E-state index in [1.54, 1.807) is 21.1 Å². The first kappa shape index (κ1) is 29.8. The van der Waals surface area contributed by atoms with E-state index >= 15 is 0 Å². The summed E-state index contributed by atoms with van der Waals surface area (Å²) in [6, 6.07) is 9.76. The van der Waals surface area contributed by atoms with Gasteiger partial charge in [0.2, 0.25) is 5.91 Å². The van der Waals surface area contributed by atoms with Crippen LogP contribution >= 0.6 is 0 Å². The molecule has 3 atom stereocenters. The molecule has 7 nitrogen and oxygen atoms in total. The first-order valence-electron chi connectivity index (χ1n) is 12.4. The predicted octanol–water partition coefficient (Wildman–Crippen LogP) is 4.33. The molecule has 0 radical (unpaired) electrons. The van der Waals surface area contributed by atoms with Crippen molar-refractivity contribution in [2.24, 2.45) is 5.73 Å². The fourth-order valence-corrected chi connectivity index (χ4v) is 4.97. The number of likely N-dealkylation sites (N-methyl/N-ethyl adjacent to an activating group) is 1. The molecule has 2 aromatic carbocycles. The van der Waals surface area contributed by atoms with Crippen LogP contribution in [0.2, 0.25) is 18.1 Å². The molecule has 0 spiro atoms. The zero-order valence-corrected chi connectivity index (χ0v) is 24.3. The molecule has 0 aromatic heterocycles. The molecule has 1 amide bonds. The van der Waals surface area contributed by atoms with E-state index in [2.05, 4.69) is 33.9 Å². The van der Waals surface area contributed by atoms with Gasteiger partial charge in [0, 0.05) is 12.6 Å². The molecule has 0 fully saturated rings. The molecule has 2 rings (SSSR count). The molecule has 200 valence electrons. The van der Waals surface area contributed by atoms with E-state index in [0.29, 0.717) is 17.1 Å². The van der Waals surface area contributed by atoms with E-state index < -0.39 is 26.5 Å². The van der Waals surface area contributed by atoms with Crippen LogP contribution in [0.4, 0.5) is 0 Å². The van der Waals surface area contributed by atoms with Crippen molar-refractivity contribution in [1.29, 1.82) is 0 Å². The van der Waals surface area contributed by atoms with Crippen molar-refractivity contribution >= 4 is 14.2 Å². The third-order valence-corrected chi connectivity index (χ3v) is 11.9. The fourth-order valence-electron chi connectivity index (χ4n) is 3.96. The van der Waals surface area contributed by atoms with Crippen LogP contribution in [0.3, 0.4) is 0 Å². The van der Waals surface area contributed by atoms with Crippen molar-refractivity contribution < 1.29 is 24.2 Å². The van der Waals surface area contributed by atoms with Gasteiger partial charge in [0.1, 0.15) is 5.75 Å². The molecule has 0 heterocycles. The van der Waals surface area contributed by atoms with Gasteiger partial charge in [0.25, 0.3) is 8.32 Å². The van der Waals surface area contributed by atoms with Gasteiger partial charge in [-0.25, -0.2) is 0 Å². The van der Waals surface area contributed by atoms with Gasteiger partial charge >= 0.3 is 0 Å². The molecule has 2 aromatic rings. The van der Waals surface area contributed by atoms with E-state index in [1.807, 2.05) is 43.3 Å². The molecule has 0 bridgehead atoms. The standard InChI is InChI=1S/C28H44N2O5Si/c1-18-22(17-31)21(16-24(26(18)34-7)35-36(8,9)28(3,4)5)15-23(29)27(33)30(6)19(2)25(32)20-13-11-10-12-14-20/h10-14,16,19,23,25,31-32H,15,17,29H2,1-9H3/t19-,23?,25+/m1/s1. The fraction of sp³-hybridized carbons (Fsp3) is 0.536. The Bertz CT molecular complexity index is 1040. The summed E-state index contributed by atoms with van der Waals surface area (Å²) in [6.07, 6.45) is -0.625. The lowest BCUT2D eigenvalue weighted by Gasteiger charge is -2.37. The highest BCUT2D eigenvalue weighted by atomic mass is 28.4. The Kier molecular flexibility index (Phi) is 9.75. The zero-order chi connectivity index (χ0) is 27.4. The smallest absolute Gasteiger partial charge is 0.250 e. The molecule has 0 saturated carbocycles. The number of benzene rings is 2. The van der Waals surface area contributed by atoms with Crippen LogP contribution in [-0.2, 0) is 17.8 Å². The number of methoxy groups -OCH3 is 1. The Hall–Kier alpha value is -2.39. The maximum atomic E-state index is 13.3. The minimum Gasteiger partial charge on any atom is -0.541 e. The topological polar surface area (TPSA) is 105 Å². The van der Waals surface area contributed by atoms with Crippen LogP contribution < -0.4 is 14.9 Å². The van der Waals surface area contributed by atoms with Crippen molar-refractivity contribution in [1.82, 2.24) is 4.90 Å². The SMILES string of the molecule is COc1c(O[Si](C)(C)C(C)(C)C)cc(CC(N)C(=O)N(C)[C@H](C)[C@H](O)c2ccccc2)c(CO)c1C. The van der Waals surface area contributed by atoms with Gasteiger partial charge in [0.05, 0.1) is 31.9 Å². The largest absolute Gasteiger partial charge is 0.541 e. The maximum absolute atomic E-state index is 13.3. The Morgan fingerprint density at radius 1 is 1.19 bits per heavy atom. The van der Waals surface area contributed by atoms with Crippen LogP contribution in [0.25, 0.3) is 0 Å². The van der Waals surface area contributed by atoms with Crippen LogP contribution in [0, 0.1) is 6.92 Å². The van der Waals surface area contributed by atoms with E-state index in [-0.39, 0.29) is 24.0 Å². The zero-order valence-electron chi connectivity index (χ0n) is 23.3. The molecule has 0 aliphatic rings. The third kappa shape index (κ3) is 6.48. The number of rotatable bonds is 10. The summed E-state index contributed by atoms with van der Waals surface area (Å²) in [5.74, 6) is 0.903. The number of aliphatic hydroxyl groups is 2. The number of carbonyl (C=O) groups is 1. The Labute approximate surface area is 217 Å². The second-order valence-electron chi connectivity index (χ2n) is 11.0. The van der Waals surface area contributed by atoms with Crippen molar-refractivity contribution in [2.45, 2.75) is 84.0 Å². The van der Waals surface area contributed by atoms with Gasteiger partial charge in [-0.15, -0.1) is 0 Å². The molecule has 0 aliphatic heterocycles. The third-order valence-electron chi connectivity index (χ3n) is 7.56. The van der Waals surface area contributed by atoms with E-state index in [0.717, 1.165) is 16.7 Å². The molecule has 1 unspecified atom stereocenters. The molecule has 36 heavy (non-hydrogen) atoms. The Morgan fingerprint density at radius 2 is 1.78 bits per heavy atom. The molecule has 8 heteroatoms. The highest BCUT2D eigenvalue weighted by molar-refractivity contribution is 6.74. The van der Waals surface area contributed by atoms with Crippen LogP contribution in [0.5, 0.6) is 11.5 Å². The quantitative estimate of drug-likeness (QED) is 0.406. The van der Waals surface area contributed by atoms with Crippen molar-refractivity contribution in [3.05, 3.63) is 58.7 Å². The Morgan fingerprint density at radius 3 is 2.28 bits per heavy atom. The van der Waals surface area contributed by atoms with Crippen molar-refractivity contribution in [3.63, 3.8) is 0 Å². The minimum atomic E-state index is -2.18. The summed E-state index contributed by atoms with van der Waals surface area (Å²) in [5.41, 5.74) is 9.33. The van der Waals surface area contributed by atoms with Crippen LogP contribution in [0.1, 0.15) is 56.1 Å². The number of nitrogens with two attached hydrogens (primary N) is 1. The first-order chi connectivity index (χ1) is 16.7. The number of ether oxygens (including phenoxy) is 1. The second kappa shape index (κ2) is 11.8. The normalized spacial score (nSPS) is 14.7. The number of nitrogens with zero attached hydrogens (tertiary/aromatic N) is 1. The van der Waals surface area contributed by atoms with Gasteiger partial charge in [0.15, 0.2) is 5.75 Å². The molecular formula is C28H44N2O5Si. The summed E-state index contributed by atoms with van der Waals surface area (Å²) in [6.45, 7) is 14.3. The highest BCUT2D eigenvalue weighted by Gasteiger charge is 2.40. The first-order valence-corrected chi connectivity index (χ1v) is 15.3. The van der Waals surface area contributed by atoms with Crippen molar-refractivity contribution in [2.75, 3.05) is 14.2 Å². The lowest BCUT2D eigenvalue weighted by atomic mass is 9.94. The maximum Gasteiger partial charge on any atom is 0.250 e. The molecule has 4 N–H and O–H groups in total. The molecular weight excluding hydrogens is 472 g/mol.